The zero-order chi connectivity index (χ0) is 18.9. The van der Waals surface area contributed by atoms with Crippen molar-refractivity contribution in [2.24, 2.45) is 16.8 Å². The molecule has 0 radical (unpaired) electrons. The maximum Gasteiger partial charge on any atom is 0.332 e. The molecule has 0 fully saturated rings. The Morgan fingerprint density at radius 1 is 1.31 bits per heavy atom. The number of rotatable bonds is 4. The summed E-state index contributed by atoms with van der Waals surface area (Å²) in [6.45, 7) is 2.17. The molecule has 1 aromatic heterocycles. The number of aryl methyl sites for hydroxylation is 1. The standard InChI is InChI=1S/C17H17ClF2N6/c1-10-13-7-6-12(17(19,20)16(23-21)24-22)8-15(13)26(25-10)9-11-4-2-3-5-14(11)18/h2-8H,9,21-22H2,1H3,(H,23,24). The van der Waals surface area contributed by atoms with E-state index in [0.29, 0.717) is 17.1 Å². The molecule has 3 aromatic rings. The monoisotopic (exact) mass is 378 g/mol. The number of hydrogen-bond donors (Lipinski definition) is 3. The third-order valence-corrected chi connectivity index (χ3v) is 4.51. The number of fused-ring (bicyclic) bond motifs is 1. The summed E-state index contributed by atoms with van der Waals surface area (Å²) in [6, 6.07) is 11.6. The number of hydrazone groups is 1. The van der Waals surface area contributed by atoms with E-state index < -0.39 is 11.8 Å². The topological polar surface area (TPSA) is 94.2 Å². The zero-order valence-corrected chi connectivity index (χ0v) is 14.6. The van der Waals surface area contributed by atoms with E-state index in [9.17, 15) is 8.78 Å². The lowest BCUT2D eigenvalue weighted by Crippen LogP contribution is -2.43. The number of nitrogens with one attached hydrogen (secondary N) is 1. The molecular weight excluding hydrogens is 362 g/mol. The molecule has 3 rings (SSSR count). The van der Waals surface area contributed by atoms with E-state index in [0.717, 1.165) is 16.6 Å². The minimum atomic E-state index is -3.47. The molecule has 0 atom stereocenters. The zero-order valence-electron chi connectivity index (χ0n) is 13.9. The lowest BCUT2D eigenvalue weighted by molar-refractivity contribution is 0.0714. The summed E-state index contributed by atoms with van der Waals surface area (Å²) in [5.41, 5.74) is 3.66. The highest BCUT2D eigenvalue weighted by atomic mass is 35.5. The van der Waals surface area contributed by atoms with Crippen LogP contribution in [0.2, 0.25) is 5.02 Å². The van der Waals surface area contributed by atoms with Crippen LogP contribution in [0.1, 0.15) is 16.8 Å². The number of amidine groups is 1. The number of nitrogens with zero attached hydrogens (tertiary/aromatic N) is 3. The van der Waals surface area contributed by atoms with Crippen molar-refractivity contribution < 1.29 is 8.78 Å². The predicted molar refractivity (Wildman–Crippen MR) is 97.9 cm³/mol. The van der Waals surface area contributed by atoms with Gasteiger partial charge in [0.15, 0.2) is 0 Å². The van der Waals surface area contributed by atoms with Gasteiger partial charge in [-0.15, -0.1) is 0 Å². The van der Waals surface area contributed by atoms with Gasteiger partial charge < -0.3 is 11.3 Å². The molecule has 2 aromatic carbocycles. The molecule has 0 aliphatic carbocycles. The summed E-state index contributed by atoms with van der Waals surface area (Å²) in [5.74, 6) is 5.81. The van der Waals surface area contributed by atoms with Crippen LogP contribution in [0.5, 0.6) is 0 Å². The first-order chi connectivity index (χ1) is 12.4. The fourth-order valence-electron chi connectivity index (χ4n) is 2.79. The molecule has 0 spiro atoms. The van der Waals surface area contributed by atoms with E-state index in [1.165, 1.54) is 12.1 Å². The maximum atomic E-state index is 14.6. The molecular formula is C17H17ClF2N6. The van der Waals surface area contributed by atoms with Gasteiger partial charge in [-0.3, -0.25) is 4.68 Å². The van der Waals surface area contributed by atoms with Crippen molar-refractivity contribution in [1.29, 1.82) is 0 Å². The Labute approximate surface area is 153 Å². The highest BCUT2D eigenvalue weighted by Gasteiger charge is 2.39. The molecule has 0 saturated carbocycles. The number of hydrazine groups is 1. The fraction of sp³-hybridized carbons (Fsp3) is 0.176. The van der Waals surface area contributed by atoms with E-state index in [4.69, 9.17) is 23.3 Å². The van der Waals surface area contributed by atoms with Crippen LogP contribution in [0.15, 0.2) is 47.6 Å². The Morgan fingerprint density at radius 3 is 2.69 bits per heavy atom. The summed E-state index contributed by atoms with van der Waals surface area (Å²) in [7, 11) is 0. The molecule has 0 aliphatic heterocycles. The SMILES string of the molecule is Cc1nn(Cc2ccccc2Cl)c2cc(C(F)(F)/C(=N/N)NN)ccc12. The second kappa shape index (κ2) is 6.89. The van der Waals surface area contributed by atoms with Crippen LogP contribution in [-0.2, 0) is 12.5 Å². The normalized spacial score (nSPS) is 12.6. The van der Waals surface area contributed by atoms with Gasteiger partial charge in [-0.05, 0) is 24.6 Å². The van der Waals surface area contributed by atoms with Gasteiger partial charge in [0.2, 0.25) is 5.84 Å². The molecule has 5 N–H and O–H groups in total. The van der Waals surface area contributed by atoms with Crippen LogP contribution in [0, 0.1) is 6.92 Å². The highest BCUT2D eigenvalue weighted by molar-refractivity contribution is 6.31. The third kappa shape index (κ3) is 3.09. The Kier molecular flexibility index (Phi) is 4.80. The van der Waals surface area contributed by atoms with Gasteiger partial charge in [0.05, 0.1) is 17.8 Å². The smallest absolute Gasteiger partial charge is 0.321 e. The molecule has 136 valence electrons. The molecule has 6 nitrogen and oxygen atoms in total. The van der Waals surface area contributed by atoms with E-state index in [2.05, 4.69) is 10.2 Å². The second-order valence-electron chi connectivity index (χ2n) is 5.76. The van der Waals surface area contributed by atoms with Crippen molar-refractivity contribution in [1.82, 2.24) is 15.2 Å². The number of alkyl halides is 2. The fourth-order valence-corrected chi connectivity index (χ4v) is 2.98. The first kappa shape index (κ1) is 18.1. The van der Waals surface area contributed by atoms with Crippen LogP contribution >= 0.6 is 11.6 Å². The van der Waals surface area contributed by atoms with E-state index in [-0.39, 0.29) is 5.56 Å². The molecule has 0 saturated heterocycles. The largest absolute Gasteiger partial charge is 0.332 e. The van der Waals surface area contributed by atoms with Gasteiger partial charge >= 0.3 is 5.92 Å². The average molecular weight is 379 g/mol. The molecule has 0 unspecified atom stereocenters. The van der Waals surface area contributed by atoms with Gasteiger partial charge in [-0.2, -0.15) is 19.0 Å². The van der Waals surface area contributed by atoms with Crippen molar-refractivity contribution in [2.45, 2.75) is 19.4 Å². The number of hydrogen-bond acceptors (Lipinski definition) is 4. The maximum absolute atomic E-state index is 14.6. The van der Waals surface area contributed by atoms with Crippen molar-refractivity contribution >= 4 is 28.3 Å². The van der Waals surface area contributed by atoms with E-state index in [1.807, 2.05) is 30.5 Å². The first-order valence-electron chi connectivity index (χ1n) is 7.72. The molecule has 0 bridgehead atoms. The molecule has 0 amide bonds. The Bertz CT molecular complexity index is 983. The van der Waals surface area contributed by atoms with Gasteiger partial charge in [-0.25, -0.2) is 5.84 Å². The Hall–Kier alpha value is -2.71. The molecule has 1 heterocycles. The highest BCUT2D eigenvalue weighted by Crippen LogP contribution is 2.32. The van der Waals surface area contributed by atoms with Crippen molar-refractivity contribution in [3.05, 3.63) is 64.3 Å². The molecule has 26 heavy (non-hydrogen) atoms. The summed E-state index contributed by atoms with van der Waals surface area (Å²) in [5, 5.41) is 8.84. The van der Waals surface area contributed by atoms with Crippen LogP contribution in [0.4, 0.5) is 8.78 Å². The minimum Gasteiger partial charge on any atom is -0.321 e. The lowest BCUT2D eigenvalue weighted by Gasteiger charge is -2.18. The van der Waals surface area contributed by atoms with Crippen LogP contribution in [0.25, 0.3) is 10.9 Å². The van der Waals surface area contributed by atoms with E-state index >= 15 is 0 Å². The summed E-state index contributed by atoms with van der Waals surface area (Å²) in [6.07, 6.45) is 0. The Balaban J connectivity index is 2.10. The van der Waals surface area contributed by atoms with Crippen molar-refractivity contribution in [3.8, 4) is 0 Å². The molecule has 9 heteroatoms. The van der Waals surface area contributed by atoms with E-state index in [1.54, 1.807) is 16.8 Å². The molecule has 0 aliphatic rings. The summed E-state index contributed by atoms with van der Waals surface area (Å²) in [4.78, 5) is 0. The average Bonchev–Trinajstić information content (AvgIpc) is 2.93. The van der Waals surface area contributed by atoms with Crippen LogP contribution < -0.4 is 17.1 Å². The van der Waals surface area contributed by atoms with Crippen molar-refractivity contribution in [3.63, 3.8) is 0 Å². The van der Waals surface area contributed by atoms with Crippen LogP contribution in [0.3, 0.4) is 0 Å². The van der Waals surface area contributed by atoms with Gasteiger partial charge in [0, 0.05) is 16.0 Å². The number of aromatic nitrogens is 2. The number of nitrogens with two attached hydrogens (primary N) is 2. The quantitative estimate of drug-likeness (QED) is 0.281. The predicted octanol–water partition coefficient (Wildman–Crippen LogP) is 2.87. The first-order valence-corrected chi connectivity index (χ1v) is 8.10. The van der Waals surface area contributed by atoms with Crippen molar-refractivity contribution in [2.75, 3.05) is 0 Å². The van der Waals surface area contributed by atoms with Gasteiger partial charge in [0.25, 0.3) is 0 Å². The third-order valence-electron chi connectivity index (χ3n) is 4.14. The van der Waals surface area contributed by atoms with Gasteiger partial charge in [0.1, 0.15) is 0 Å². The number of halogens is 3. The summed E-state index contributed by atoms with van der Waals surface area (Å²) >= 11 is 6.20. The minimum absolute atomic E-state index is 0.299. The Morgan fingerprint density at radius 2 is 2.04 bits per heavy atom. The van der Waals surface area contributed by atoms with Gasteiger partial charge in [-0.1, -0.05) is 41.9 Å². The lowest BCUT2D eigenvalue weighted by atomic mass is 10.0. The summed E-state index contributed by atoms with van der Waals surface area (Å²) < 4.78 is 30.8. The number of benzene rings is 2. The second-order valence-corrected chi connectivity index (χ2v) is 6.17. The van der Waals surface area contributed by atoms with Crippen LogP contribution in [-0.4, -0.2) is 15.6 Å².